The zero-order valence-corrected chi connectivity index (χ0v) is 11.1. The van der Waals surface area contributed by atoms with E-state index in [0.717, 1.165) is 24.7 Å². The summed E-state index contributed by atoms with van der Waals surface area (Å²) < 4.78 is 2.45. The molecule has 1 N–H and O–H groups in total. The van der Waals surface area contributed by atoms with Crippen LogP contribution in [0.1, 0.15) is 26.5 Å². The first-order valence-electron chi connectivity index (χ1n) is 5.31. The van der Waals surface area contributed by atoms with Gasteiger partial charge in [0.05, 0.1) is 5.69 Å². The number of aromatic nitrogens is 2. The van der Waals surface area contributed by atoms with Crippen molar-refractivity contribution >= 4 is 17.7 Å². The molecule has 1 rings (SSSR count). The van der Waals surface area contributed by atoms with Crippen LogP contribution in [0.4, 0.5) is 5.95 Å². The molecule has 0 saturated carbocycles. The highest BCUT2D eigenvalue weighted by atomic mass is 32.2. The predicted octanol–water partition coefficient (Wildman–Crippen LogP) is 2.76. The van der Waals surface area contributed by atoms with Gasteiger partial charge in [-0.1, -0.05) is 0 Å². The Bertz CT molecular complexity index is 318. The summed E-state index contributed by atoms with van der Waals surface area (Å²) in [5.41, 5.74) is 1.07. The normalized spacial score (nSPS) is 11.8. The summed E-state index contributed by atoms with van der Waals surface area (Å²) in [5, 5.41) is 3.29. The molecule has 1 heterocycles. The van der Waals surface area contributed by atoms with Crippen molar-refractivity contribution in [2.24, 2.45) is 0 Å². The van der Waals surface area contributed by atoms with Gasteiger partial charge in [0.15, 0.2) is 0 Å². The smallest absolute Gasteiger partial charge is 0.203 e. The summed E-state index contributed by atoms with van der Waals surface area (Å²) in [6, 6.07) is 0. The fourth-order valence-corrected chi connectivity index (χ4v) is 1.71. The van der Waals surface area contributed by atoms with Gasteiger partial charge in [0.2, 0.25) is 5.95 Å². The Morgan fingerprint density at radius 1 is 1.53 bits per heavy atom. The summed E-state index contributed by atoms with van der Waals surface area (Å²) in [4.78, 5) is 4.46. The van der Waals surface area contributed by atoms with Crippen molar-refractivity contribution in [3.05, 3.63) is 11.9 Å². The molecule has 15 heavy (non-hydrogen) atoms. The molecule has 0 aliphatic rings. The monoisotopic (exact) mass is 227 g/mol. The first kappa shape index (κ1) is 12.4. The molecule has 4 heteroatoms. The highest BCUT2D eigenvalue weighted by molar-refractivity contribution is 7.99. The zero-order chi connectivity index (χ0) is 11.5. The molecule has 0 spiro atoms. The van der Waals surface area contributed by atoms with Crippen molar-refractivity contribution in [2.75, 3.05) is 18.1 Å². The molecule has 0 atom stereocenters. The Kier molecular flexibility index (Phi) is 4.08. The first-order valence-corrected chi connectivity index (χ1v) is 6.54. The van der Waals surface area contributed by atoms with Crippen molar-refractivity contribution < 1.29 is 0 Å². The molecule has 1 aromatic heterocycles. The number of imidazole rings is 1. The van der Waals surface area contributed by atoms with Gasteiger partial charge in [-0.2, -0.15) is 11.8 Å². The van der Waals surface area contributed by atoms with Crippen molar-refractivity contribution in [3.8, 4) is 0 Å². The summed E-state index contributed by atoms with van der Waals surface area (Å²) in [6.07, 6.45) is 4.26. The highest BCUT2D eigenvalue weighted by Gasteiger charge is 2.18. The van der Waals surface area contributed by atoms with Gasteiger partial charge < -0.3 is 9.88 Å². The van der Waals surface area contributed by atoms with E-state index in [4.69, 9.17) is 0 Å². The van der Waals surface area contributed by atoms with Gasteiger partial charge in [-0.15, -0.1) is 0 Å². The Morgan fingerprint density at radius 3 is 2.73 bits per heavy atom. The molecule has 0 aliphatic heterocycles. The standard InChI is InChI=1S/C11H21N3S/c1-6-12-10-13-9(2)7-14(10)8-11(3,4)15-5/h7H,6,8H2,1-5H3,(H,12,13). The van der Waals surface area contributed by atoms with Crippen LogP contribution in [-0.2, 0) is 6.54 Å². The van der Waals surface area contributed by atoms with E-state index in [1.54, 1.807) is 0 Å². The summed E-state index contributed by atoms with van der Waals surface area (Å²) in [7, 11) is 0. The lowest BCUT2D eigenvalue weighted by Gasteiger charge is -2.23. The van der Waals surface area contributed by atoms with E-state index < -0.39 is 0 Å². The first-order chi connectivity index (χ1) is 6.98. The number of aryl methyl sites for hydroxylation is 1. The van der Waals surface area contributed by atoms with E-state index in [1.807, 2.05) is 18.7 Å². The lowest BCUT2D eigenvalue weighted by molar-refractivity contribution is 0.571. The van der Waals surface area contributed by atoms with Crippen LogP contribution in [0.2, 0.25) is 0 Å². The van der Waals surface area contributed by atoms with E-state index >= 15 is 0 Å². The van der Waals surface area contributed by atoms with Crippen molar-refractivity contribution in [1.29, 1.82) is 0 Å². The van der Waals surface area contributed by atoms with Crippen LogP contribution < -0.4 is 5.32 Å². The van der Waals surface area contributed by atoms with Gasteiger partial charge in [-0.3, -0.25) is 0 Å². The maximum absolute atomic E-state index is 4.46. The molecular formula is C11H21N3S. The van der Waals surface area contributed by atoms with E-state index in [1.165, 1.54) is 0 Å². The number of thioether (sulfide) groups is 1. The van der Waals surface area contributed by atoms with E-state index in [-0.39, 0.29) is 4.75 Å². The molecule has 0 amide bonds. The third-order valence-corrected chi connectivity index (χ3v) is 3.57. The van der Waals surface area contributed by atoms with Gasteiger partial charge >= 0.3 is 0 Å². The lowest BCUT2D eigenvalue weighted by atomic mass is 10.2. The minimum Gasteiger partial charge on any atom is -0.356 e. The van der Waals surface area contributed by atoms with E-state index in [2.05, 4.69) is 48.1 Å². The second kappa shape index (κ2) is 4.92. The quantitative estimate of drug-likeness (QED) is 0.839. The van der Waals surface area contributed by atoms with Gasteiger partial charge in [-0.25, -0.2) is 4.98 Å². The molecule has 0 aliphatic carbocycles. The predicted molar refractivity (Wildman–Crippen MR) is 68.7 cm³/mol. The van der Waals surface area contributed by atoms with E-state index in [9.17, 15) is 0 Å². The largest absolute Gasteiger partial charge is 0.356 e. The van der Waals surface area contributed by atoms with Crippen LogP contribution >= 0.6 is 11.8 Å². The Morgan fingerprint density at radius 2 is 2.20 bits per heavy atom. The van der Waals surface area contributed by atoms with Gasteiger partial charge in [0.25, 0.3) is 0 Å². The molecule has 1 aromatic rings. The Balaban J connectivity index is 2.83. The fourth-order valence-electron chi connectivity index (χ4n) is 1.44. The molecule has 0 radical (unpaired) electrons. The van der Waals surface area contributed by atoms with Crippen LogP contribution in [0.3, 0.4) is 0 Å². The minimum absolute atomic E-state index is 0.247. The maximum atomic E-state index is 4.46. The molecule has 0 aromatic carbocycles. The van der Waals surface area contributed by atoms with Gasteiger partial charge in [-0.05, 0) is 34.0 Å². The maximum Gasteiger partial charge on any atom is 0.203 e. The van der Waals surface area contributed by atoms with Crippen LogP contribution in [0.15, 0.2) is 6.20 Å². The summed E-state index contributed by atoms with van der Waals surface area (Å²) >= 11 is 1.88. The van der Waals surface area contributed by atoms with Crippen molar-refractivity contribution in [2.45, 2.75) is 39.0 Å². The molecule has 0 saturated heterocycles. The fraction of sp³-hybridized carbons (Fsp3) is 0.727. The number of hydrogen-bond donors (Lipinski definition) is 1. The summed E-state index contributed by atoms with van der Waals surface area (Å²) in [6.45, 7) is 10.5. The Labute approximate surface area is 96.7 Å². The average Bonchev–Trinajstić information content (AvgIpc) is 2.47. The molecule has 0 unspecified atom stereocenters. The number of anilines is 1. The number of rotatable bonds is 5. The molecule has 0 fully saturated rings. The van der Waals surface area contributed by atoms with Crippen LogP contribution in [-0.4, -0.2) is 27.1 Å². The van der Waals surface area contributed by atoms with Crippen LogP contribution in [0.25, 0.3) is 0 Å². The van der Waals surface area contributed by atoms with E-state index in [0.29, 0.717) is 0 Å². The molecule has 86 valence electrons. The van der Waals surface area contributed by atoms with Gasteiger partial charge in [0, 0.05) is 24.0 Å². The average molecular weight is 227 g/mol. The topological polar surface area (TPSA) is 29.9 Å². The van der Waals surface area contributed by atoms with Gasteiger partial charge in [0.1, 0.15) is 0 Å². The number of hydrogen-bond acceptors (Lipinski definition) is 3. The summed E-state index contributed by atoms with van der Waals surface area (Å²) in [5.74, 6) is 0.983. The molecular weight excluding hydrogens is 206 g/mol. The highest BCUT2D eigenvalue weighted by Crippen LogP contribution is 2.25. The third kappa shape index (κ3) is 3.45. The third-order valence-electron chi connectivity index (χ3n) is 2.34. The molecule has 3 nitrogen and oxygen atoms in total. The Hall–Kier alpha value is -0.640. The second-order valence-electron chi connectivity index (χ2n) is 4.33. The zero-order valence-electron chi connectivity index (χ0n) is 10.3. The van der Waals surface area contributed by atoms with Crippen molar-refractivity contribution in [3.63, 3.8) is 0 Å². The molecule has 0 bridgehead atoms. The lowest BCUT2D eigenvalue weighted by Crippen LogP contribution is -2.23. The number of nitrogens with zero attached hydrogens (tertiary/aromatic N) is 2. The minimum atomic E-state index is 0.247. The van der Waals surface area contributed by atoms with Crippen molar-refractivity contribution in [1.82, 2.24) is 9.55 Å². The number of nitrogens with one attached hydrogen (secondary N) is 1. The van der Waals surface area contributed by atoms with Crippen LogP contribution in [0, 0.1) is 6.92 Å². The SMILES string of the molecule is CCNc1nc(C)cn1CC(C)(C)SC. The van der Waals surface area contributed by atoms with Crippen LogP contribution in [0.5, 0.6) is 0 Å². The second-order valence-corrected chi connectivity index (χ2v) is 5.84.